The molecule has 0 amide bonds. The van der Waals surface area contributed by atoms with E-state index in [1.165, 1.54) is 77.2 Å². The summed E-state index contributed by atoms with van der Waals surface area (Å²) in [5.41, 5.74) is 0. The third kappa shape index (κ3) is 4.46. The summed E-state index contributed by atoms with van der Waals surface area (Å²) in [4.78, 5) is 2.92. The number of nitrogens with zero attached hydrogens (tertiary/aromatic N) is 1. The number of nitrogens with one attached hydrogen (secondary N) is 1. The highest BCUT2D eigenvalue weighted by molar-refractivity contribution is 4.90. The lowest BCUT2D eigenvalue weighted by atomic mass is 9.89. The van der Waals surface area contributed by atoms with Gasteiger partial charge in [0.1, 0.15) is 0 Å². The molecule has 0 radical (unpaired) electrons. The van der Waals surface area contributed by atoms with Crippen LogP contribution >= 0.6 is 0 Å². The van der Waals surface area contributed by atoms with E-state index < -0.39 is 0 Å². The van der Waals surface area contributed by atoms with Gasteiger partial charge in [0.2, 0.25) is 0 Å². The van der Waals surface area contributed by atoms with Crippen LogP contribution in [0.3, 0.4) is 0 Å². The molecule has 0 aromatic carbocycles. The van der Waals surface area contributed by atoms with E-state index in [-0.39, 0.29) is 0 Å². The largest absolute Gasteiger partial charge is 0.313 e. The maximum atomic E-state index is 3.82. The van der Waals surface area contributed by atoms with Crippen LogP contribution in [0, 0.1) is 0 Å². The summed E-state index contributed by atoms with van der Waals surface area (Å²) in [6.45, 7) is 7.15. The van der Waals surface area contributed by atoms with Crippen LogP contribution in [0.25, 0.3) is 0 Å². The van der Waals surface area contributed by atoms with Crippen molar-refractivity contribution in [1.82, 2.24) is 10.2 Å². The van der Waals surface area contributed by atoms with E-state index in [2.05, 4.69) is 24.1 Å². The van der Waals surface area contributed by atoms with Crippen molar-refractivity contribution in [2.24, 2.45) is 0 Å². The second kappa shape index (κ2) is 9.04. The maximum Gasteiger partial charge on any atom is 0.0252 e. The van der Waals surface area contributed by atoms with Gasteiger partial charge < -0.3 is 5.32 Å². The first-order chi connectivity index (χ1) is 9.86. The van der Waals surface area contributed by atoms with Gasteiger partial charge in [-0.05, 0) is 45.2 Å². The SMILES string of the molecule is CCNC1CCCCCCC1N1CCCCCC1CC. The van der Waals surface area contributed by atoms with Crippen molar-refractivity contribution in [3.8, 4) is 0 Å². The highest BCUT2D eigenvalue weighted by Gasteiger charge is 2.32. The fourth-order valence-corrected chi connectivity index (χ4v) is 4.44. The topological polar surface area (TPSA) is 15.3 Å². The summed E-state index contributed by atoms with van der Waals surface area (Å²) in [5, 5.41) is 3.82. The van der Waals surface area contributed by atoms with E-state index in [1.807, 2.05) is 0 Å². The predicted octanol–water partition coefficient (Wildman–Crippen LogP) is 4.34. The minimum absolute atomic E-state index is 0.743. The van der Waals surface area contributed by atoms with Crippen molar-refractivity contribution in [3.63, 3.8) is 0 Å². The molecule has 1 aliphatic carbocycles. The zero-order valence-corrected chi connectivity index (χ0v) is 13.9. The molecule has 1 aliphatic heterocycles. The minimum Gasteiger partial charge on any atom is -0.313 e. The Morgan fingerprint density at radius 2 is 1.55 bits per heavy atom. The van der Waals surface area contributed by atoms with E-state index in [0.29, 0.717) is 0 Å². The van der Waals surface area contributed by atoms with Gasteiger partial charge in [-0.2, -0.15) is 0 Å². The Hall–Kier alpha value is -0.0800. The van der Waals surface area contributed by atoms with Gasteiger partial charge in [0.15, 0.2) is 0 Å². The maximum absolute atomic E-state index is 3.82. The van der Waals surface area contributed by atoms with Gasteiger partial charge in [-0.25, -0.2) is 0 Å². The summed E-state index contributed by atoms with van der Waals surface area (Å²) in [6, 6.07) is 2.40. The van der Waals surface area contributed by atoms with Crippen molar-refractivity contribution in [1.29, 1.82) is 0 Å². The van der Waals surface area contributed by atoms with E-state index in [9.17, 15) is 0 Å². The minimum atomic E-state index is 0.743. The lowest BCUT2D eigenvalue weighted by Gasteiger charge is -2.42. The number of rotatable bonds is 4. The lowest BCUT2D eigenvalue weighted by molar-refractivity contribution is 0.0874. The zero-order valence-electron chi connectivity index (χ0n) is 13.9. The third-order valence-corrected chi connectivity index (χ3v) is 5.52. The molecule has 2 aliphatic rings. The molecule has 0 aromatic rings. The monoisotopic (exact) mass is 280 g/mol. The average Bonchev–Trinajstić information content (AvgIpc) is 2.67. The molecular formula is C18H36N2. The molecule has 20 heavy (non-hydrogen) atoms. The summed E-state index contributed by atoms with van der Waals surface area (Å²) in [5.74, 6) is 0. The second-order valence-corrected chi connectivity index (χ2v) is 6.87. The van der Waals surface area contributed by atoms with Crippen molar-refractivity contribution in [3.05, 3.63) is 0 Å². The summed E-state index contributed by atoms with van der Waals surface area (Å²) < 4.78 is 0. The molecule has 2 nitrogen and oxygen atoms in total. The van der Waals surface area contributed by atoms with Crippen molar-refractivity contribution in [2.75, 3.05) is 13.1 Å². The smallest absolute Gasteiger partial charge is 0.0252 e. The van der Waals surface area contributed by atoms with Gasteiger partial charge in [0, 0.05) is 18.1 Å². The van der Waals surface area contributed by atoms with Crippen molar-refractivity contribution >= 4 is 0 Å². The van der Waals surface area contributed by atoms with Gasteiger partial charge >= 0.3 is 0 Å². The lowest BCUT2D eigenvalue weighted by Crippen LogP contribution is -2.53. The molecule has 1 heterocycles. The molecular weight excluding hydrogens is 244 g/mol. The first-order valence-corrected chi connectivity index (χ1v) is 9.36. The molecule has 1 saturated heterocycles. The first kappa shape index (κ1) is 16.3. The van der Waals surface area contributed by atoms with Crippen LogP contribution < -0.4 is 5.32 Å². The molecule has 0 spiro atoms. The summed E-state index contributed by atoms with van der Waals surface area (Å²) in [7, 11) is 0. The van der Waals surface area contributed by atoms with Crippen LogP contribution in [-0.2, 0) is 0 Å². The Kier molecular flexibility index (Phi) is 7.37. The molecule has 118 valence electrons. The highest BCUT2D eigenvalue weighted by atomic mass is 15.2. The van der Waals surface area contributed by atoms with Gasteiger partial charge in [-0.15, -0.1) is 0 Å². The number of hydrogen-bond donors (Lipinski definition) is 1. The van der Waals surface area contributed by atoms with Gasteiger partial charge in [-0.1, -0.05) is 52.4 Å². The van der Waals surface area contributed by atoms with E-state index in [0.717, 1.165) is 24.7 Å². The normalized spacial score (nSPS) is 34.2. The summed E-state index contributed by atoms with van der Waals surface area (Å²) in [6.07, 6.45) is 15.7. The fraction of sp³-hybridized carbons (Fsp3) is 1.00. The standard InChI is InChI=1S/C18H36N2/c1-3-16-12-8-7-11-15-20(16)18-14-10-6-5-9-13-17(18)19-4-2/h16-19H,3-15H2,1-2H3. The second-order valence-electron chi connectivity index (χ2n) is 6.87. The quantitative estimate of drug-likeness (QED) is 0.824. The Balaban J connectivity index is 2.08. The van der Waals surface area contributed by atoms with Crippen LogP contribution in [0.1, 0.15) is 84.5 Å². The van der Waals surface area contributed by atoms with Gasteiger partial charge in [0.05, 0.1) is 0 Å². The Morgan fingerprint density at radius 1 is 0.850 bits per heavy atom. The van der Waals surface area contributed by atoms with Crippen LogP contribution in [-0.4, -0.2) is 36.1 Å². The van der Waals surface area contributed by atoms with Crippen LogP contribution in [0.2, 0.25) is 0 Å². The molecule has 2 fully saturated rings. The molecule has 0 bridgehead atoms. The number of likely N-dealkylation sites (N-methyl/N-ethyl adjacent to an activating group) is 1. The Bertz CT molecular complexity index is 254. The van der Waals surface area contributed by atoms with Crippen LogP contribution in [0.15, 0.2) is 0 Å². The third-order valence-electron chi connectivity index (χ3n) is 5.52. The highest BCUT2D eigenvalue weighted by Crippen LogP contribution is 2.28. The summed E-state index contributed by atoms with van der Waals surface area (Å²) >= 11 is 0. The molecule has 1 N–H and O–H groups in total. The van der Waals surface area contributed by atoms with E-state index >= 15 is 0 Å². The van der Waals surface area contributed by atoms with Crippen molar-refractivity contribution in [2.45, 2.75) is 103 Å². The molecule has 3 unspecified atom stereocenters. The first-order valence-electron chi connectivity index (χ1n) is 9.36. The predicted molar refractivity (Wildman–Crippen MR) is 88.2 cm³/mol. The zero-order chi connectivity index (χ0) is 14.2. The Labute approximate surface area is 126 Å². The van der Waals surface area contributed by atoms with E-state index in [1.54, 1.807) is 0 Å². The van der Waals surface area contributed by atoms with Crippen LogP contribution in [0.5, 0.6) is 0 Å². The van der Waals surface area contributed by atoms with Crippen LogP contribution in [0.4, 0.5) is 0 Å². The van der Waals surface area contributed by atoms with E-state index in [4.69, 9.17) is 0 Å². The molecule has 2 heteroatoms. The van der Waals surface area contributed by atoms with Crippen molar-refractivity contribution < 1.29 is 0 Å². The number of likely N-dealkylation sites (tertiary alicyclic amines) is 1. The molecule has 0 aromatic heterocycles. The molecule has 2 rings (SSSR count). The number of hydrogen-bond acceptors (Lipinski definition) is 2. The average molecular weight is 280 g/mol. The van der Waals surface area contributed by atoms with Gasteiger partial charge in [-0.3, -0.25) is 4.90 Å². The fourth-order valence-electron chi connectivity index (χ4n) is 4.44. The van der Waals surface area contributed by atoms with Gasteiger partial charge in [0.25, 0.3) is 0 Å². The molecule has 1 saturated carbocycles. The Morgan fingerprint density at radius 3 is 2.30 bits per heavy atom. The molecule has 3 atom stereocenters.